The number of nitrogens with zero attached hydrogens (tertiary/aromatic N) is 2. The minimum absolute atomic E-state index is 0.108. The van der Waals surface area contributed by atoms with Gasteiger partial charge in [-0.1, -0.05) is 12.1 Å². The molecule has 1 atom stereocenters. The maximum atomic E-state index is 10.3. The molecule has 130 valence electrons. The van der Waals surface area contributed by atoms with Crippen molar-refractivity contribution >= 4 is 11.0 Å². The van der Waals surface area contributed by atoms with Crippen LogP contribution in [0, 0.1) is 0 Å². The molecule has 7 heteroatoms. The Kier molecular flexibility index (Phi) is 4.17. The number of aliphatic hydroxyl groups excluding tert-OH is 2. The fraction of sp³-hybridized carbons (Fsp3) is 0.278. The Hall–Kier alpha value is -2.77. The van der Waals surface area contributed by atoms with E-state index in [4.69, 9.17) is 14.2 Å². The summed E-state index contributed by atoms with van der Waals surface area (Å²) < 4.78 is 18.0. The van der Waals surface area contributed by atoms with Crippen LogP contribution in [0.4, 0.5) is 0 Å². The van der Waals surface area contributed by atoms with E-state index in [0.29, 0.717) is 23.1 Å². The van der Waals surface area contributed by atoms with Crippen molar-refractivity contribution in [3.05, 3.63) is 48.3 Å². The summed E-state index contributed by atoms with van der Waals surface area (Å²) in [6, 6.07) is 12.9. The average Bonchev–Trinajstić information content (AvgIpc) is 3.24. The number of rotatable bonds is 6. The lowest BCUT2D eigenvalue weighted by Gasteiger charge is -2.15. The quantitative estimate of drug-likeness (QED) is 0.709. The van der Waals surface area contributed by atoms with E-state index < -0.39 is 6.10 Å². The van der Waals surface area contributed by atoms with E-state index in [2.05, 4.69) is 4.98 Å². The highest BCUT2D eigenvalue weighted by Gasteiger charge is 2.16. The lowest BCUT2D eigenvalue weighted by molar-refractivity contribution is 0.0913. The van der Waals surface area contributed by atoms with Gasteiger partial charge in [-0.25, -0.2) is 4.98 Å². The van der Waals surface area contributed by atoms with Crippen molar-refractivity contribution in [2.24, 2.45) is 0 Å². The third-order valence-corrected chi connectivity index (χ3v) is 4.05. The molecule has 25 heavy (non-hydrogen) atoms. The summed E-state index contributed by atoms with van der Waals surface area (Å²) in [5, 5.41) is 19.9. The number of benzene rings is 2. The van der Waals surface area contributed by atoms with Crippen molar-refractivity contribution in [3.8, 4) is 17.2 Å². The second-order valence-electron chi connectivity index (χ2n) is 5.77. The molecule has 2 N–H and O–H groups in total. The van der Waals surface area contributed by atoms with Crippen molar-refractivity contribution in [2.75, 3.05) is 13.4 Å². The van der Waals surface area contributed by atoms with Crippen LogP contribution in [0.15, 0.2) is 42.5 Å². The number of aliphatic hydroxyl groups is 2. The highest BCUT2D eigenvalue weighted by molar-refractivity contribution is 5.75. The fourth-order valence-electron chi connectivity index (χ4n) is 2.87. The van der Waals surface area contributed by atoms with E-state index in [1.54, 1.807) is 18.2 Å². The van der Waals surface area contributed by atoms with E-state index in [1.807, 2.05) is 28.8 Å². The van der Waals surface area contributed by atoms with Gasteiger partial charge in [0, 0.05) is 6.07 Å². The molecule has 0 spiro atoms. The minimum atomic E-state index is -0.756. The number of ether oxygens (including phenoxy) is 3. The average molecular weight is 342 g/mol. The summed E-state index contributed by atoms with van der Waals surface area (Å²) in [6.07, 6.45) is -0.756. The fourth-order valence-corrected chi connectivity index (χ4v) is 2.87. The van der Waals surface area contributed by atoms with E-state index in [1.165, 1.54) is 0 Å². The second-order valence-corrected chi connectivity index (χ2v) is 5.77. The zero-order chi connectivity index (χ0) is 17.2. The maximum absolute atomic E-state index is 10.3. The van der Waals surface area contributed by atoms with Crippen molar-refractivity contribution in [1.29, 1.82) is 0 Å². The van der Waals surface area contributed by atoms with Crippen molar-refractivity contribution in [3.63, 3.8) is 0 Å². The van der Waals surface area contributed by atoms with Gasteiger partial charge in [-0.3, -0.25) is 0 Å². The van der Waals surface area contributed by atoms with Gasteiger partial charge in [-0.2, -0.15) is 0 Å². The summed E-state index contributed by atoms with van der Waals surface area (Å²) >= 11 is 0. The van der Waals surface area contributed by atoms with Gasteiger partial charge in [0.2, 0.25) is 6.79 Å². The molecule has 4 rings (SSSR count). The lowest BCUT2D eigenvalue weighted by atomic mass is 10.3. The van der Waals surface area contributed by atoms with Crippen LogP contribution in [-0.2, 0) is 13.2 Å². The summed E-state index contributed by atoms with van der Waals surface area (Å²) in [4.78, 5) is 4.37. The monoisotopic (exact) mass is 342 g/mol. The zero-order valence-corrected chi connectivity index (χ0v) is 13.5. The molecule has 3 aromatic rings. The van der Waals surface area contributed by atoms with Crippen LogP contribution in [0.25, 0.3) is 11.0 Å². The molecule has 0 bridgehead atoms. The van der Waals surface area contributed by atoms with Crippen LogP contribution in [-0.4, -0.2) is 39.3 Å². The molecule has 2 heterocycles. The molecule has 1 aromatic heterocycles. The largest absolute Gasteiger partial charge is 0.491 e. The van der Waals surface area contributed by atoms with Crippen LogP contribution in [0.5, 0.6) is 17.2 Å². The highest BCUT2D eigenvalue weighted by Crippen LogP contribution is 2.35. The minimum Gasteiger partial charge on any atom is -0.491 e. The van der Waals surface area contributed by atoms with Gasteiger partial charge in [0.1, 0.15) is 30.9 Å². The van der Waals surface area contributed by atoms with Crippen LogP contribution in [0.3, 0.4) is 0 Å². The van der Waals surface area contributed by atoms with Gasteiger partial charge in [-0.15, -0.1) is 0 Å². The van der Waals surface area contributed by atoms with Gasteiger partial charge >= 0.3 is 0 Å². The number of hydrogen-bond acceptors (Lipinski definition) is 6. The molecule has 0 saturated carbocycles. The topological polar surface area (TPSA) is 86.0 Å². The zero-order valence-electron chi connectivity index (χ0n) is 13.5. The Bertz CT molecular complexity index is 892. The van der Waals surface area contributed by atoms with E-state index >= 15 is 0 Å². The molecular formula is C18H18N2O5. The Morgan fingerprint density at radius 2 is 2.00 bits per heavy atom. The van der Waals surface area contributed by atoms with E-state index in [-0.39, 0.29) is 26.6 Å². The summed E-state index contributed by atoms with van der Waals surface area (Å²) in [7, 11) is 0. The van der Waals surface area contributed by atoms with Crippen molar-refractivity contribution in [1.82, 2.24) is 9.55 Å². The Morgan fingerprint density at radius 3 is 2.88 bits per heavy atom. The van der Waals surface area contributed by atoms with Gasteiger partial charge < -0.3 is 29.0 Å². The number of hydrogen-bond donors (Lipinski definition) is 2. The Labute approximate surface area is 144 Å². The molecule has 0 saturated heterocycles. The smallest absolute Gasteiger partial charge is 0.231 e. The number of fused-ring (bicyclic) bond motifs is 2. The first-order valence-corrected chi connectivity index (χ1v) is 8.00. The third-order valence-electron chi connectivity index (χ3n) is 4.05. The maximum Gasteiger partial charge on any atom is 0.231 e. The normalized spacial score (nSPS) is 14.0. The van der Waals surface area contributed by atoms with Crippen LogP contribution < -0.4 is 14.2 Å². The predicted octanol–water partition coefficient (Wildman–Crippen LogP) is 1.70. The van der Waals surface area contributed by atoms with E-state index in [0.717, 1.165) is 11.0 Å². The molecule has 0 fully saturated rings. The van der Waals surface area contributed by atoms with Crippen molar-refractivity contribution in [2.45, 2.75) is 19.3 Å². The SMILES string of the molecule is OCc1nc2ccccc2n1C[C@H](O)COc1ccc2c(c1)OCO2. The first-order chi connectivity index (χ1) is 12.2. The summed E-state index contributed by atoms with van der Waals surface area (Å²) in [5.74, 6) is 2.44. The molecule has 0 unspecified atom stereocenters. The lowest BCUT2D eigenvalue weighted by Crippen LogP contribution is -2.24. The van der Waals surface area contributed by atoms with Gasteiger partial charge in [0.25, 0.3) is 0 Å². The molecule has 1 aliphatic rings. The van der Waals surface area contributed by atoms with Crippen LogP contribution >= 0.6 is 0 Å². The third kappa shape index (κ3) is 3.11. The number of imidazole rings is 1. The van der Waals surface area contributed by atoms with Crippen LogP contribution in [0.1, 0.15) is 5.82 Å². The molecule has 2 aromatic carbocycles. The van der Waals surface area contributed by atoms with E-state index in [9.17, 15) is 10.2 Å². The Morgan fingerprint density at radius 1 is 1.16 bits per heavy atom. The molecule has 7 nitrogen and oxygen atoms in total. The number of aromatic nitrogens is 2. The summed E-state index contributed by atoms with van der Waals surface area (Å²) in [5.41, 5.74) is 1.66. The molecule has 0 amide bonds. The summed E-state index contributed by atoms with van der Waals surface area (Å²) in [6.45, 7) is 0.404. The van der Waals surface area contributed by atoms with Gasteiger partial charge in [0.15, 0.2) is 11.5 Å². The molecular weight excluding hydrogens is 324 g/mol. The van der Waals surface area contributed by atoms with Gasteiger partial charge in [0.05, 0.1) is 17.6 Å². The molecule has 1 aliphatic heterocycles. The predicted molar refractivity (Wildman–Crippen MR) is 89.7 cm³/mol. The first kappa shape index (κ1) is 15.7. The standard InChI is InChI=1S/C18H18N2O5/c21-9-18-19-14-3-1-2-4-15(14)20(18)8-12(22)10-23-13-5-6-16-17(7-13)25-11-24-16/h1-7,12,21-22H,8-11H2/t12-/m0/s1. The Balaban J connectivity index is 1.45. The van der Waals surface area contributed by atoms with Crippen molar-refractivity contribution < 1.29 is 24.4 Å². The van der Waals surface area contributed by atoms with Crippen LogP contribution in [0.2, 0.25) is 0 Å². The number of para-hydroxylation sites is 2. The van der Waals surface area contributed by atoms with Gasteiger partial charge in [-0.05, 0) is 24.3 Å². The first-order valence-electron chi connectivity index (χ1n) is 8.00. The highest BCUT2D eigenvalue weighted by atomic mass is 16.7. The molecule has 0 radical (unpaired) electrons. The molecule has 0 aliphatic carbocycles. The second kappa shape index (κ2) is 6.62.